The maximum Gasteiger partial charge on any atom is 0.293 e. The van der Waals surface area contributed by atoms with Crippen LogP contribution in [0.5, 0.6) is 0 Å². The summed E-state index contributed by atoms with van der Waals surface area (Å²) in [5.74, 6) is 0. The van der Waals surface area contributed by atoms with Crippen LogP contribution in [-0.4, -0.2) is 26.7 Å². The van der Waals surface area contributed by atoms with Gasteiger partial charge in [-0.1, -0.05) is 30.4 Å². The van der Waals surface area contributed by atoms with Crippen molar-refractivity contribution in [1.82, 2.24) is 0 Å². The zero-order valence-electron chi connectivity index (χ0n) is 12.1. The SMILES string of the molecule is CCOC=O.O=S(=O)(Nc1ccccc1)C1C=CCCC1. The topological polar surface area (TPSA) is 72.5 Å². The zero-order chi connectivity index (χ0) is 15.6. The van der Waals surface area contributed by atoms with Gasteiger partial charge in [-0.15, -0.1) is 0 Å². The van der Waals surface area contributed by atoms with Crippen LogP contribution in [0.2, 0.25) is 0 Å². The predicted molar refractivity (Wildman–Crippen MR) is 83.5 cm³/mol. The van der Waals surface area contributed by atoms with E-state index in [1.54, 1.807) is 25.1 Å². The Morgan fingerprint density at radius 1 is 1.33 bits per heavy atom. The molecule has 1 aliphatic rings. The molecule has 0 heterocycles. The van der Waals surface area contributed by atoms with Crippen molar-refractivity contribution in [2.24, 2.45) is 0 Å². The normalized spacial score (nSPS) is 17.3. The lowest BCUT2D eigenvalue weighted by Crippen LogP contribution is -2.27. The number of hydrogen-bond donors (Lipinski definition) is 1. The number of carbonyl (C=O) groups is 1. The molecule has 0 amide bonds. The highest BCUT2D eigenvalue weighted by Gasteiger charge is 2.23. The summed E-state index contributed by atoms with van der Waals surface area (Å²) in [4.78, 5) is 9.18. The van der Waals surface area contributed by atoms with E-state index in [2.05, 4.69) is 9.46 Å². The molecule has 116 valence electrons. The van der Waals surface area contributed by atoms with Crippen LogP contribution in [0.15, 0.2) is 42.5 Å². The number of ether oxygens (including phenoxy) is 1. The molecule has 1 unspecified atom stereocenters. The Kier molecular flexibility index (Phi) is 7.53. The fraction of sp³-hybridized carbons (Fsp3) is 0.400. The third kappa shape index (κ3) is 6.44. The minimum absolute atomic E-state index is 0.388. The molecule has 0 saturated carbocycles. The van der Waals surface area contributed by atoms with Crippen LogP contribution in [0, 0.1) is 0 Å². The van der Waals surface area contributed by atoms with E-state index in [-0.39, 0.29) is 5.25 Å². The second-order valence-corrected chi connectivity index (χ2v) is 6.36. The number of sulfonamides is 1. The molecule has 0 aliphatic heterocycles. The number of carbonyl (C=O) groups excluding carboxylic acids is 1. The molecular formula is C15H21NO4S. The number of para-hydroxylation sites is 1. The smallest absolute Gasteiger partial charge is 0.293 e. The van der Waals surface area contributed by atoms with Crippen molar-refractivity contribution in [3.8, 4) is 0 Å². The standard InChI is InChI=1S/C12H15NO2S.C3H6O2/c14-16(15,12-9-5-2-6-10-12)13-11-7-3-1-4-8-11;1-2-5-3-4/h1,3-5,7-9,12-13H,2,6,10H2;3H,2H2,1H3. The van der Waals surface area contributed by atoms with Crippen molar-refractivity contribution < 1.29 is 17.9 Å². The van der Waals surface area contributed by atoms with Gasteiger partial charge in [-0.3, -0.25) is 9.52 Å². The van der Waals surface area contributed by atoms with Crippen molar-refractivity contribution in [2.45, 2.75) is 31.4 Å². The zero-order valence-corrected chi connectivity index (χ0v) is 12.9. The number of rotatable bonds is 5. The third-order valence-electron chi connectivity index (χ3n) is 2.88. The molecule has 1 aromatic carbocycles. The first kappa shape index (κ1) is 17.2. The van der Waals surface area contributed by atoms with Crippen molar-refractivity contribution in [1.29, 1.82) is 0 Å². The monoisotopic (exact) mass is 311 g/mol. The van der Waals surface area contributed by atoms with E-state index < -0.39 is 10.0 Å². The minimum atomic E-state index is -3.27. The summed E-state index contributed by atoms with van der Waals surface area (Å²) < 4.78 is 30.7. The Balaban J connectivity index is 0.000000383. The summed E-state index contributed by atoms with van der Waals surface area (Å²) in [5.41, 5.74) is 0.626. The lowest BCUT2D eigenvalue weighted by molar-refractivity contribution is -0.128. The predicted octanol–water partition coefficient (Wildman–Crippen LogP) is 2.72. The van der Waals surface area contributed by atoms with Crippen LogP contribution in [-0.2, 0) is 19.6 Å². The van der Waals surface area contributed by atoms with Crippen LogP contribution >= 0.6 is 0 Å². The number of allylic oxidation sites excluding steroid dienone is 1. The average Bonchev–Trinajstić information content (AvgIpc) is 2.50. The first-order valence-corrected chi connectivity index (χ1v) is 8.43. The van der Waals surface area contributed by atoms with E-state index in [0.29, 0.717) is 25.2 Å². The van der Waals surface area contributed by atoms with Crippen molar-refractivity contribution >= 4 is 22.2 Å². The highest BCUT2D eigenvalue weighted by Crippen LogP contribution is 2.20. The second kappa shape index (κ2) is 9.18. The molecule has 0 fully saturated rings. The van der Waals surface area contributed by atoms with Crippen molar-refractivity contribution in [2.75, 3.05) is 11.3 Å². The summed E-state index contributed by atoms with van der Waals surface area (Å²) in [6, 6.07) is 9.00. The van der Waals surface area contributed by atoms with E-state index >= 15 is 0 Å². The van der Waals surface area contributed by atoms with E-state index in [9.17, 15) is 13.2 Å². The molecule has 0 saturated heterocycles. The molecule has 21 heavy (non-hydrogen) atoms. The molecule has 5 nitrogen and oxygen atoms in total. The first-order chi connectivity index (χ1) is 10.1. The highest BCUT2D eigenvalue weighted by atomic mass is 32.2. The number of anilines is 1. The number of hydrogen-bond acceptors (Lipinski definition) is 4. The molecular weight excluding hydrogens is 290 g/mol. The maximum atomic E-state index is 12.0. The Bertz CT molecular complexity index is 540. The van der Waals surface area contributed by atoms with Gasteiger partial charge in [-0.25, -0.2) is 8.42 Å². The summed E-state index contributed by atoms with van der Waals surface area (Å²) >= 11 is 0. The maximum absolute atomic E-state index is 12.0. The van der Waals surface area contributed by atoms with Gasteiger partial charge in [0.2, 0.25) is 10.0 Å². The molecule has 1 atom stereocenters. The highest BCUT2D eigenvalue weighted by molar-refractivity contribution is 7.93. The van der Waals surface area contributed by atoms with Crippen LogP contribution in [0.1, 0.15) is 26.2 Å². The van der Waals surface area contributed by atoms with Gasteiger partial charge >= 0.3 is 0 Å². The van der Waals surface area contributed by atoms with Gasteiger partial charge in [0.1, 0.15) is 0 Å². The van der Waals surface area contributed by atoms with Gasteiger partial charge in [0.05, 0.1) is 11.9 Å². The minimum Gasteiger partial charge on any atom is -0.468 e. The van der Waals surface area contributed by atoms with Gasteiger partial charge < -0.3 is 4.74 Å². The summed E-state index contributed by atoms with van der Waals surface area (Å²) in [6.07, 6.45) is 6.36. The number of benzene rings is 1. The average molecular weight is 311 g/mol. The van der Waals surface area contributed by atoms with Gasteiger partial charge in [-0.05, 0) is 38.3 Å². The summed E-state index contributed by atoms with van der Waals surface area (Å²) in [6.45, 7) is 2.66. The van der Waals surface area contributed by atoms with Crippen LogP contribution in [0.4, 0.5) is 5.69 Å². The Labute approximate surface area is 126 Å². The largest absolute Gasteiger partial charge is 0.468 e. The van der Waals surface area contributed by atoms with E-state index in [1.165, 1.54) is 0 Å². The van der Waals surface area contributed by atoms with Gasteiger partial charge in [0.15, 0.2) is 0 Å². The van der Waals surface area contributed by atoms with Gasteiger partial charge in [-0.2, -0.15) is 0 Å². The summed E-state index contributed by atoms with van der Waals surface area (Å²) in [5, 5.41) is -0.388. The van der Waals surface area contributed by atoms with Gasteiger partial charge in [0.25, 0.3) is 6.47 Å². The lowest BCUT2D eigenvalue weighted by Gasteiger charge is -2.18. The quantitative estimate of drug-likeness (QED) is 0.670. The number of nitrogens with one attached hydrogen (secondary N) is 1. The summed E-state index contributed by atoms with van der Waals surface area (Å²) in [7, 11) is -3.27. The van der Waals surface area contributed by atoms with Crippen molar-refractivity contribution in [3.05, 3.63) is 42.5 Å². The fourth-order valence-electron chi connectivity index (χ4n) is 1.85. The molecule has 1 aliphatic carbocycles. The fourth-order valence-corrected chi connectivity index (χ4v) is 3.26. The molecule has 0 bridgehead atoms. The molecule has 1 aromatic rings. The third-order valence-corrected chi connectivity index (χ3v) is 4.59. The second-order valence-electron chi connectivity index (χ2n) is 4.46. The first-order valence-electron chi connectivity index (χ1n) is 6.88. The van der Waals surface area contributed by atoms with E-state index in [1.807, 2.05) is 24.3 Å². The molecule has 0 radical (unpaired) electrons. The van der Waals surface area contributed by atoms with Crippen molar-refractivity contribution in [3.63, 3.8) is 0 Å². The molecule has 1 N–H and O–H groups in total. The Morgan fingerprint density at radius 3 is 2.52 bits per heavy atom. The van der Waals surface area contributed by atoms with Crippen LogP contribution in [0.3, 0.4) is 0 Å². The van der Waals surface area contributed by atoms with Gasteiger partial charge in [0, 0.05) is 5.69 Å². The van der Waals surface area contributed by atoms with E-state index in [0.717, 1.165) is 12.8 Å². The lowest BCUT2D eigenvalue weighted by atomic mass is 10.1. The Morgan fingerprint density at radius 2 is 2.05 bits per heavy atom. The molecule has 2 rings (SSSR count). The van der Waals surface area contributed by atoms with Crippen LogP contribution < -0.4 is 4.72 Å². The molecule has 0 aromatic heterocycles. The Hall–Kier alpha value is -1.82. The molecule has 0 spiro atoms. The van der Waals surface area contributed by atoms with Crippen LogP contribution in [0.25, 0.3) is 0 Å². The molecule has 6 heteroatoms. The van der Waals surface area contributed by atoms with E-state index in [4.69, 9.17) is 0 Å².